The van der Waals surface area contributed by atoms with Crippen molar-refractivity contribution in [2.45, 2.75) is 64.6 Å². The lowest BCUT2D eigenvalue weighted by Gasteiger charge is -2.36. The van der Waals surface area contributed by atoms with Gasteiger partial charge in [0, 0.05) is 49.9 Å². The first-order chi connectivity index (χ1) is 24.0. The molecule has 1 saturated heterocycles. The Labute approximate surface area is 290 Å². The van der Waals surface area contributed by atoms with E-state index in [4.69, 9.17) is 19.8 Å². The van der Waals surface area contributed by atoms with Crippen molar-refractivity contribution in [1.82, 2.24) is 34.1 Å². The molecule has 8 rings (SSSR count). The average Bonchev–Trinajstić information content (AvgIpc) is 3.89. The maximum absolute atomic E-state index is 16.4. The van der Waals surface area contributed by atoms with Crippen LogP contribution in [0.5, 0.6) is 5.75 Å². The van der Waals surface area contributed by atoms with E-state index >= 15 is 4.39 Å². The van der Waals surface area contributed by atoms with E-state index in [-0.39, 0.29) is 35.4 Å². The number of carbonyl (C=O) groups is 1. The lowest BCUT2D eigenvalue weighted by atomic mass is 9.90. The SMILES string of the molecule is C=CC(=O)N1C[C@H](C)n2nc(-c3nc(-c4ccc5c(c4)nc(C)n5C)c4c(c3-c3c(F)cc(F)cc3O[C@H]3CCN(C)C3)CCC4)cc2[C@H]1C. The molecule has 1 amide bonds. The molecule has 5 heterocycles. The highest BCUT2D eigenvalue weighted by Gasteiger charge is 2.36. The van der Waals surface area contributed by atoms with Crippen LogP contribution in [0.25, 0.3) is 44.8 Å². The number of pyridine rings is 1. The molecule has 1 fully saturated rings. The summed E-state index contributed by atoms with van der Waals surface area (Å²) < 4.78 is 41.9. The van der Waals surface area contributed by atoms with Crippen LogP contribution in [0.4, 0.5) is 8.78 Å². The Morgan fingerprint density at radius 3 is 2.56 bits per heavy atom. The van der Waals surface area contributed by atoms with Crippen LogP contribution in [0.2, 0.25) is 0 Å². The zero-order valence-electron chi connectivity index (χ0n) is 29.1. The molecule has 0 saturated carbocycles. The van der Waals surface area contributed by atoms with Crippen molar-refractivity contribution >= 4 is 16.9 Å². The lowest BCUT2D eigenvalue weighted by Crippen LogP contribution is -2.42. The Kier molecular flexibility index (Phi) is 7.85. The van der Waals surface area contributed by atoms with Gasteiger partial charge in [0.1, 0.15) is 35.0 Å². The number of imidazole rings is 1. The third kappa shape index (κ3) is 5.21. The molecule has 50 heavy (non-hydrogen) atoms. The van der Waals surface area contributed by atoms with Gasteiger partial charge in [-0.3, -0.25) is 9.48 Å². The number of ether oxygens (including phenoxy) is 1. The molecular weight excluding hydrogens is 636 g/mol. The fourth-order valence-electron chi connectivity index (χ4n) is 8.14. The number of carbonyl (C=O) groups excluding carboxylic acids is 1. The number of hydrogen-bond acceptors (Lipinski definition) is 6. The summed E-state index contributed by atoms with van der Waals surface area (Å²) in [7, 11) is 4.01. The van der Waals surface area contributed by atoms with E-state index in [1.54, 1.807) is 4.90 Å². The van der Waals surface area contributed by atoms with Crippen molar-refractivity contribution in [3.8, 4) is 39.5 Å². The normalized spacial score (nSPS) is 20.4. The molecule has 0 N–H and O–H groups in total. The van der Waals surface area contributed by atoms with Gasteiger partial charge < -0.3 is 19.1 Å². The van der Waals surface area contributed by atoms with Gasteiger partial charge in [-0.25, -0.2) is 18.7 Å². The summed E-state index contributed by atoms with van der Waals surface area (Å²) in [6, 6.07) is 10.00. The van der Waals surface area contributed by atoms with Gasteiger partial charge in [0.15, 0.2) is 0 Å². The second-order valence-corrected chi connectivity index (χ2v) is 14.1. The van der Waals surface area contributed by atoms with Crippen molar-refractivity contribution in [2.75, 3.05) is 26.7 Å². The minimum Gasteiger partial charge on any atom is -0.488 e. The molecule has 3 aromatic heterocycles. The standard InChI is InChI=1S/C39H41F2N7O2/c1-7-35(49)47-19-21(2)48-33(22(47)3)18-31(44-48)39-36(37-29(41)16-25(40)17-34(37)50-26-13-14-45(5)20-26)27-9-8-10-28(27)38(43-39)24-11-12-32-30(15-24)42-23(4)46(32)6/h7,11-12,15-18,21-22,26H,1,8-10,13-14,19-20H2,2-6H3/t21-,22+,26-/m0/s1. The Balaban J connectivity index is 1.38. The van der Waals surface area contributed by atoms with E-state index in [2.05, 4.69) is 34.2 Å². The smallest absolute Gasteiger partial charge is 0.246 e. The molecule has 3 aliphatic rings. The first-order valence-corrected chi connectivity index (χ1v) is 17.4. The third-order valence-electron chi connectivity index (χ3n) is 10.8. The molecule has 2 aliphatic heterocycles. The van der Waals surface area contributed by atoms with Crippen LogP contribution in [-0.2, 0) is 24.7 Å². The number of hydrogen-bond donors (Lipinski definition) is 0. The summed E-state index contributed by atoms with van der Waals surface area (Å²) >= 11 is 0. The van der Waals surface area contributed by atoms with Crippen molar-refractivity contribution in [2.24, 2.45) is 7.05 Å². The Hall–Kier alpha value is -4.90. The Morgan fingerprint density at radius 1 is 1.00 bits per heavy atom. The number of nitrogens with zero attached hydrogens (tertiary/aromatic N) is 7. The second kappa shape index (κ2) is 12.2. The molecule has 5 aromatic rings. The minimum atomic E-state index is -0.699. The quantitative estimate of drug-likeness (QED) is 0.181. The molecule has 258 valence electrons. The van der Waals surface area contributed by atoms with Gasteiger partial charge in [-0.05, 0) is 88.9 Å². The van der Waals surface area contributed by atoms with Gasteiger partial charge in [0.25, 0.3) is 0 Å². The van der Waals surface area contributed by atoms with Crippen molar-refractivity contribution < 1.29 is 18.3 Å². The zero-order chi connectivity index (χ0) is 35.0. The van der Waals surface area contributed by atoms with Gasteiger partial charge in [0.2, 0.25) is 5.91 Å². The number of likely N-dealkylation sites (tertiary alicyclic amines) is 1. The topological polar surface area (TPSA) is 81.3 Å². The first kappa shape index (κ1) is 32.3. The molecule has 9 nitrogen and oxygen atoms in total. The Bertz CT molecular complexity index is 2200. The van der Waals surface area contributed by atoms with Gasteiger partial charge in [-0.1, -0.05) is 12.6 Å². The largest absolute Gasteiger partial charge is 0.488 e. The van der Waals surface area contributed by atoms with E-state index < -0.39 is 11.6 Å². The monoisotopic (exact) mass is 677 g/mol. The lowest BCUT2D eigenvalue weighted by molar-refractivity contribution is -0.129. The maximum atomic E-state index is 16.4. The zero-order valence-corrected chi connectivity index (χ0v) is 29.1. The fourth-order valence-corrected chi connectivity index (χ4v) is 8.14. The highest BCUT2D eigenvalue weighted by Crippen LogP contribution is 2.48. The number of aromatic nitrogens is 5. The summed E-state index contributed by atoms with van der Waals surface area (Å²) in [6.07, 6.45) is 4.22. The van der Waals surface area contributed by atoms with Crippen molar-refractivity contribution in [3.05, 3.63) is 83.3 Å². The minimum absolute atomic E-state index is 0.119. The van der Waals surface area contributed by atoms with Crippen LogP contribution in [0.15, 0.2) is 49.1 Å². The molecule has 0 bridgehead atoms. The van der Waals surface area contributed by atoms with Crippen LogP contribution in [0.3, 0.4) is 0 Å². The summed E-state index contributed by atoms with van der Waals surface area (Å²) in [6.45, 7) is 11.7. The van der Waals surface area contributed by atoms with E-state index in [1.807, 2.05) is 45.6 Å². The predicted octanol–water partition coefficient (Wildman–Crippen LogP) is 6.97. The summed E-state index contributed by atoms with van der Waals surface area (Å²) in [4.78, 5) is 26.9. The average molecular weight is 678 g/mol. The van der Waals surface area contributed by atoms with Crippen LogP contribution in [0.1, 0.15) is 61.4 Å². The molecule has 1 aliphatic carbocycles. The second-order valence-electron chi connectivity index (χ2n) is 14.1. The molecule has 3 atom stereocenters. The van der Waals surface area contributed by atoms with E-state index in [1.165, 1.54) is 12.1 Å². The third-order valence-corrected chi connectivity index (χ3v) is 10.8. The van der Waals surface area contributed by atoms with E-state index in [0.29, 0.717) is 36.5 Å². The van der Waals surface area contributed by atoms with Crippen molar-refractivity contribution in [1.29, 1.82) is 0 Å². The number of fused-ring (bicyclic) bond motifs is 3. The summed E-state index contributed by atoms with van der Waals surface area (Å²) in [5, 5.41) is 5.10. The van der Waals surface area contributed by atoms with Crippen molar-refractivity contribution in [3.63, 3.8) is 0 Å². The van der Waals surface area contributed by atoms with E-state index in [9.17, 15) is 9.18 Å². The van der Waals surface area contributed by atoms with E-state index in [0.717, 1.165) is 76.8 Å². The number of amides is 1. The number of benzene rings is 2. The molecular formula is C39H41F2N7O2. The van der Waals surface area contributed by atoms with Gasteiger partial charge in [-0.15, -0.1) is 0 Å². The highest BCUT2D eigenvalue weighted by atomic mass is 19.1. The van der Waals surface area contributed by atoms with Gasteiger partial charge in [0.05, 0.1) is 45.8 Å². The van der Waals surface area contributed by atoms with Gasteiger partial charge >= 0.3 is 0 Å². The molecule has 0 unspecified atom stereocenters. The van der Waals surface area contributed by atoms with Crippen LogP contribution >= 0.6 is 0 Å². The van der Waals surface area contributed by atoms with Crippen LogP contribution < -0.4 is 4.74 Å². The fraction of sp³-hybridized carbons (Fsp3) is 0.385. The molecule has 0 radical (unpaired) electrons. The van der Waals surface area contributed by atoms with Gasteiger partial charge in [-0.2, -0.15) is 5.10 Å². The summed E-state index contributed by atoms with van der Waals surface area (Å²) in [5.74, 6) is -0.456. The van der Waals surface area contributed by atoms with Crippen LogP contribution in [-0.4, -0.2) is 72.8 Å². The predicted molar refractivity (Wildman–Crippen MR) is 189 cm³/mol. The highest BCUT2D eigenvalue weighted by molar-refractivity contribution is 5.91. The number of halogens is 2. The summed E-state index contributed by atoms with van der Waals surface area (Å²) in [5.41, 5.74) is 8.33. The molecule has 11 heteroatoms. The number of rotatable bonds is 6. The first-order valence-electron chi connectivity index (χ1n) is 17.4. The maximum Gasteiger partial charge on any atom is 0.246 e. The Morgan fingerprint density at radius 2 is 1.80 bits per heavy atom. The number of likely N-dealkylation sites (N-methyl/N-ethyl adjacent to an activating group) is 1. The number of aryl methyl sites for hydroxylation is 2. The van der Waals surface area contributed by atoms with Crippen LogP contribution in [0, 0.1) is 18.6 Å². The molecule has 2 aromatic carbocycles. The molecule has 0 spiro atoms.